The van der Waals surface area contributed by atoms with Crippen LogP contribution in [0.25, 0.3) is 0 Å². The smallest absolute Gasteiger partial charge is 0.297 e. The topological polar surface area (TPSA) is 29.5 Å². The lowest BCUT2D eigenvalue weighted by Gasteiger charge is -2.06. The van der Waals surface area contributed by atoms with E-state index in [9.17, 15) is 4.79 Å². The van der Waals surface area contributed by atoms with Gasteiger partial charge in [-0.25, -0.2) is 0 Å². The lowest BCUT2D eigenvalue weighted by molar-refractivity contribution is -0.122. The van der Waals surface area contributed by atoms with E-state index in [1.54, 1.807) is 14.1 Å². The van der Waals surface area contributed by atoms with Crippen LogP contribution in [0.1, 0.15) is 11.1 Å². The second kappa shape index (κ2) is 7.90. The Hall–Kier alpha value is -2.73. The Labute approximate surface area is 131 Å². The summed E-state index contributed by atoms with van der Waals surface area (Å²) in [5, 5.41) is 0. The fraction of sp³-hybridized carbons (Fsp3) is 0.211. The molecule has 0 bridgehead atoms. The first-order valence-electron chi connectivity index (χ1n) is 7.11. The number of hydrogen-bond donors (Lipinski definition) is 0. The van der Waals surface area contributed by atoms with E-state index < -0.39 is 0 Å². The Morgan fingerprint density at radius 1 is 1.00 bits per heavy atom. The van der Waals surface area contributed by atoms with Crippen LogP contribution in [0, 0.1) is 11.8 Å². The minimum atomic E-state index is -0.178. The van der Waals surface area contributed by atoms with Crippen LogP contribution in [0.4, 0.5) is 0 Å². The monoisotopic (exact) mass is 293 g/mol. The van der Waals surface area contributed by atoms with Gasteiger partial charge >= 0.3 is 0 Å². The molecule has 0 aliphatic rings. The number of ether oxygens (including phenoxy) is 1. The second-order valence-electron chi connectivity index (χ2n) is 5.10. The van der Waals surface area contributed by atoms with E-state index in [-0.39, 0.29) is 5.91 Å². The Morgan fingerprint density at radius 2 is 1.68 bits per heavy atom. The van der Waals surface area contributed by atoms with Gasteiger partial charge in [-0.15, -0.1) is 0 Å². The Morgan fingerprint density at radius 3 is 2.32 bits per heavy atom. The fourth-order valence-electron chi connectivity index (χ4n) is 1.78. The molecule has 0 heterocycles. The lowest BCUT2D eigenvalue weighted by Crippen LogP contribution is -2.19. The summed E-state index contributed by atoms with van der Waals surface area (Å²) in [6, 6.07) is 17.8. The SMILES string of the molecule is CN(C)C(=O)C#CCc1ccc(OCc2ccccc2)cc1. The molecule has 112 valence electrons. The van der Waals surface area contributed by atoms with Crippen molar-refractivity contribution < 1.29 is 9.53 Å². The van der Waals surface area contributed by atoms with Gasteiger partial charge in [0.15, 0.2) is 0 Å². The summed E-state index contributed by atoms with van der Waals surface area (Å²) < 4.78 is 5.72. The van der Waals surface area contributed by atoms with Gasteiger partial charge < -0.3 is 9.64 Å². The zero-order chi connectivity index (χ0) is 15.8. The van der Waals surface area contributed by atoms with Gasteiger partial charge in [0.2, 0.25) is 0 Å². The summed E-state index contributed by atoms with van der Waals surface area (Å²) in [6.07, 6.45) is 0.554. The molecule has 0 saturated carbocycles. The van der Waals surface area contributed by atoms with Gasteiger partial charge in [0.1, 0.15) is 12.4 Å². The van der Waals surface area contributed by atoms with Gasteiger partial charge in [-0.2, -0.15) is 0 Å². The Kier molecular flexibility index (Phi) is 5.62. The second-order valence-corrected chi connectivity index (χ2v) is 5.10. The van der Waals surface area contributed by atoms with Crippen molar-refractivity contribution in [3.05, 3.63) is 65.7 Å². The van der Waals surface area contributed by atoms with E-state index >= 15 is 0 Å². The molecule has 1 amide bonds. The summed E-state index contributed by atoms with van der Waals surface area (Å²) >= 11 is 0. The van der Waals surface area contributed by atoms with E-state index in [0.717, 1.165) is 16.9 Å². The molecule has 0 fully saturated rings. The number of benzene rings is 2. The van der Waals surface area contributed by atoms with Crippen molar-refractivity contribution in [2.24, 2.45) is 0 Å². The number of nitrogens with zero attached hydrogens (tertiary/aromatic N) is 1. The van der Waals surface area contributed by atoms with Crippen molar-refractivity contribution in [1.82, 2.24) is 4.90 Å². The van der Waals surface area contributed by atoms with Crippen LogP contribution < -0.4 is 4.74 Å². The fourth-order valence-corrected chi connectivity index (χ4v) is 1.78. The van der Waals surface area contributed by atoms with Gasteiger partial charge in [0, 0.05) is 20.5 Å². The zero-order valence-corrected chi connectivity index (χ0v) is 12.9. The van der Waals surface area contributed by atoms with Gasteiger partial charge in [0.25, 0.3) is 5.91 Å². The third-order valence-electron chi connectivity index (χ3n) is 3.07. The number of carbonyl (C=O) groups is 1. The highest BCUT2D eigenvalue weighted by Gasteiger charge is 1.98. The van der Waals surface area contributed by atoms with E-state index in [1.165, 1.54) is 4.90 Å². The average molecular weight is 293 g/mol. The molecule has 0 aliphatic heterocycles. The minimum absolute atomic E-state index is 0.178. The predicted molar refractivity (Wildman–Crippen MR) is 87.4 cm³/mol. The number of hydrogen-bond acceptors (Lipinski definition) is 2. The first-order valence-corrected chi connectivity index (χ1v) is 7.11. The summed E-state index contributed by atoms with van der Waals surface area (Å²) in [6.45, 7) is 0.553. The van der Waals surface area contributed by atoms with Crippen molar-refractivity contribution >= 4 is 5.91 Å². The molecule has 0 aromatic heterocycles. The van der Waals surface area contributed by atoms with Crippen LogP contribution in [-0.2, 0) is 17.8 Å². The Balaban J connectivity index is 1.86. The molecule has 2 rings (SSSR count). The van der Waals surface area contributed by atoms with Crippen LogP contribution in [-0.4, -0.2) is 24.9 Å². The standard InChI is InChI=1S/C19H19NO2/c1-20(2)19(21)10-6-9-16-11-13-18(14-12-16)22-15-17-7-4-3-5-8-17/h3-5,7-8,11-14H,9,15H2,1-2H3. The van der Waals surface area contributed by atoms with Crippen molar-refractivity contribution in [1.29, 1.82) is 0 Å². The van der Waals surface area contributed by atoms with Crippen molar-refractivity contribution in [2.75, 3.05) is 14.1 Å². The molecule has 0 atom stereocenters. The minimum Gasteiger partial charge on any atom is -0.489 e. The van der Waals surface area contributed by atoms with Crippen LogP contribution in [0.3, 0.4) is 0 Å². The average Bonchev–Trinajstić information content (AvgIpc) is 2.55. The van der Waals surface area contributed by atoms with Crippen LogP contribution in [0.15, 0.2) is 54.6 Å². The number of amides is 1. The van der Waals surface area contributed by atoms with Crippen LogP contribution in [0.2, 0.25) is 0 Å². The molecular weight excluding hydrogens is 274 g/mol. The van der Waals surface area contributed by atoms with Gasteiger partial charge in [0.05, 0.1) is 0 Å². The van der Waals surface area contributed by atoms with Gasteiger partial charge in [-0.05, 0) is 29.2 Å². The quantitative estimate of drug-likeness (QED) is 0.811. The number of rotatable bonds is 4. The first kappa shape index (κ1) is 15.7. The van der Waals surface area contributed by atoms with Gasteiger partial charge in [-0.1, -0.05) is 48.4 Å². The first-order chi connectivity index (χ1) is 10.6. The normalized spacial score (nSPS) is 9.55. The van der Waals surface area contributed by atoms with Gasteiger partial charge in [-0.3, -0.25) is 4.79 Å². The molecule has 0 radical (unpaired) electrons. The zero-order valence-electron chi connectivity index (χ0n) is 12.9. The predicted octanol–water partition coefficient (Wildman–Crippen LogP) is 2.90. The maximum absolute atomic E-state index is 11.3. The summed E-state index contributed by atoms with van der Waals surface area (Å²) in [4.78, 5) is 12.8. The van der Waals surface area contributed by atoms with Crippen molar-refractivity contribution in [3.63, 3.8) is 0 Å². The summed E-state index contributed by atoms with van der Waals surface area (Å²) in [5.74, 6) is 6.12. The molecule has 0 saturated heterocycles. The van der Waals surface area contributed by atoms with Crippen molar-refractivity contribution in [2.45, 2.75) is 13.0 Å². The summed E-state index contributed by atoms with van der Waals surface area (Å²) in [7, 11) is 3.38. The molecule has 0 aliphatic carbocycles. The number of carbonyl (C=O) groups excluding carboxylic acids is 1. The highest BCUT2D eigenvalue weighted by Crippen LogP contribution is 2.14. The van der Waals surface area contributed by atoms with E-state index in [4.69, 9.17) is 4.74 Å². The molecule has 2 aromatic rings. The van der Waals surface area contributed by atoms with E-state index in [2.05, 4.69) is 11.8 Å². The van der Waals surface area contributed by atoms with Crippen LogP contribution in [0.5, 0.6) is 5.75 Å². The summed E-state index contributed by atoms with van der Waals surface area (Å²) in [5.41, 5.74) is 2.20. The third-order valence-corrected chi connectivity index (χ3v) is 3.07. The Bertz CT molecular complexity index is 664. The van der Waals surface area contributed by atoms with Crippen molar-refractivity contribution in [3.8, 4) is 17.6 Å². The molecule has 0 spiro atoms. The largest absolute Gasteiger partial charge is 0.489 e. The highest BCUT2D eigenvalue weighted by atomic mass is 16.5. The third kappa shape index (κ3) is 4.99. The maximum Gasteiger partial charge on any atom is 0.297 e. The molecule has 3 nitrogen and oxygen atoms in total. The highest BCUT2D eigenvalue weighted by molar-refractivity contribution is 5.93. The molecule has 22 heavy (non-hydrogen) atoms. The molecule has 0 N–H and O–H groups in total. The molecular formula is C19H19NO2. The van der Waals surface area contributed by atoms with Crippen LogP contribution >= 0.6 is 0 Å². The lowest BCUT2D eigenvalue weighted by atomic mass is 10.1. The molecule has 3 heteroatoms. The van der Waals surface area contributed by atoms with E-state index in [1.807, 2.05) is 54.6 Å². The molecule has 2 aromatic carbocycles. The maximum atomic E-state index is 11.3. The molecule has 0 unspecified atom stereocenters. The van der Waals surface area contributed by atoms with E-state index in [0.29, 0.717) is 13.0 Å².